The Bertz CT molecular complexity index is 848. The molecule has 28 heavy (non-hydrogen) atoms. The Hall–Kier alpha value is -1.57. The third-order valence-corrected chi connectivity index (χ3v) is 5.29. The molecule has 0 unspecified atom stereocenters. The first-order valence-corrected chi connectivity index (χ1v) is 10.7. The monoisotopic (exact) mass is 530 g/mol. The largest absolute Gasteiger partial charge is 0.482 e. The number of ether oxygens (including phenoxy) is 1. The molecule has 0 radical (unpaired) electrons. The number of carbonyl (C=O) groups excluding carboxylic acids is 2. The summed E-state index contributed by atoms with van der Waals surface area (Å²) in [7, 11) is 0. The van der Waals surface area contributed by atoms with Crippen LogP contribution in [0.5, 0.6) is 5.75 Å². The molecule has 150 valence electrons. The highest BCUT2D eigenvalue weighted by Crippen LogP contribution is 2.27. The van der Waals surface area contributed by atoms with E-state index < -0.39 is 6.04 Å². The van der Waals surface area contributed by atoms with Gasteiger partial charge in [-0.1, -0.05) is 55.6 Å². The van der Waals surface area contributed by atoms with Crippen LogP contribution in [-0.4, -0.2) is 35.9 Å². The Morgan fingerprint density at radius 1 is 1.18 bits per heavy atom. The Morgan fingerprint density at radius 3 is 2.54 bits per heavy atom. The van der Waals surface area contributed by atoms with Gasteiger partial charge < -0.3 is 15.0 Å². The number of benzene rings is 2. The van der Waals surface area contributed by atoms with Crippen molar-refractivity contribution in [3.05, 3.63) is 62.0 Å². The number of carbonyl (C=O) groups is 2. The molecule has 2 rings (SSSR count). The summed E-state index contributed by atoms with van der Waals surface area (Å²) in [5, 5.41) is 3.16. The summed E-state index contributed by atoms with van der Waals surface area (Å²) in [4.78, 5) is 26.7. The van der Waals surface area contributed by atoms with Crippen LogP contribution in [0.3, 0.4) is 0 Å². The van der Waals surface area contributed by atoms with E-state index in [4.69, 9.17) is 16.3 Å². The second-order valence-electron chi connectivity index (χ2n) is 6.09. The standard InChI is InChI=1S/C20H21Br2ClN2O3/c1-3-24-20(27)13(2)25(11-14-5-4-6-15(21)9-14)19(26)12-28-18-8-7-16(22)10-17(18)23/h4-10,13H,3,11-12H2,1-2H3,(H,24,27)/t13-/m1/s1. The van der Waals surface area contributed by atoms with Gasteiger partial charge >= 0.3 is 0 Å². The zero-order chi connectivity index (χ0) is 20.7. The first-order chi connectivity index (χ1) is 13.3. The van der Waals surface area contributed by atoms with E-state index in [-0.39, 0.29) is 25.0 Å². The number of amides is 2. The number of halogens is 3. The summed E-state index contributed by atoms with van der Waals surface area (Å²) in [6, 6.07) is 12.1. The second kappa shape index (κ2) is 10.8. The van der Waals surface area contributed by atoms with Crippen LogP contribution in [-0.2, 0) is 16.1 Å². The number of nitrogens with one attached hydrogen (secondary N) is 1. The summed E-state index contributed by atoms with van der Waals surface area (Å²) in [5.74, 6) is -0.114. The minimum absolute atomic E-state index is 0.215. The van der Waals surface area contributed by atoms with Gasteiger partial charge in [-0.25, -0.2) is 0 Å². The van der Waals surface area contributed by atoms with Gasteiger partial charge in [-0.3, -0.25) is 9.59 Å². The van der Waals surface area contributed by atoms with Gasteiger partial charge in [0.2, 0.25) is 5.91 Å². The third-order valence-electron chi connectivity index (χ3n) is 4.01. The zero-order valence-electron chi connectivity index (χ0n) is 15.5. The molecule has 0 heterocycles. The Morgan fingerprint density at radius 2 is 1.89 bits per heavy atom. The van der Waals surface area contributed by atoms with Gasteiger partial charge in [-0.05, 0) is 49.7 Å². The predicted molar refractivity (Wildman–Crippen MR) is 117 cm³/mol. The number of rotatable bonds is 8. The predicted octanol–water partition coefficient (Wildman–Crippen LogP) is 4.80. The minimum atomic E-state index is -0.643. The van der Waals surface area contributed by atoms with Crippen molar-refractivity contribution in [1.29, 1.82) is 0 Å². The lowest BCUT2D eigenvalue weighted by Crippen LogP contribution is -2.49. The van der Waals surface area contributed by atoms with Crippen molar-refractivity contribution in [3.63, 3.8) is 0 Å². The highest BCUT2D eigenvalue weighted by atomic mass is 79.9. The minimum Gasteiger partial charge on any atom is -0.482 e. The first kappa shape index (κ1) is 22.7. The second-order valence-corrected chi connectivity index (χ2v) is 8.32. The number of hydrogen-bond donors (Lipinski definition) is 1. The molecule has 0 aliphatic rings. The lowest BCUT2D eigenvalue weighted by atomic mass is 10.1. The van der Waals surface area contributed by atoms with E-state index in [1.807, 2.05) is 31.2 Å². The van der Waals surface area contributed by atoms with Gasteiger partial charge in [0.15, 0.2) is 6.61 Å². The van der Waals surface area contributed by atoms with Crippen LogP contribution in [0, 0.1) is 0 Å². The molecular weight excluding hydrogens is 511 g/mol. The highest BCUT2D eigenvalue weighted by molar-refractivity contribution is 9.10. The van der Waals surface area contributed by atoms with E-state index in [0.29, 0.717) is 17.3 Å². The van der Waals surface area contributed by atoms with Crippen LogP contribution in [0.1, 0.15) is 19.4 Å². The van der Waals surface area contributed by atoms with Crippen LogP contribution in [0.15, 0.2) is 51.4 Å². The molecule has 0 spiro atoms. The van der Waals surface area contributed by atoms with E-state index in [1.54, 1.807) is 25.1 Å². The van der Waals surface area contributed by atoms with Crippen molar-refractivity contribution in [1.82, 2.24) is 10.2 Å². The van der Waals surface area contributed by atoms with Crippen molar-refractivity contribution in [2.45, 2.75) is 26.4 Å². The van der Waals surface area contributed by atoms with Gasteiger partial charge in [-0.15, -0.1) is 0 Å². The Labute approximate surface area is 186 Å². The van der Waals surface area contributed by atoms with Crippen LogP contribution in [0.25, 0.3) is 0 Å². The molecule has 1 N–H and O–H groups in total. The van der Waals surface area contributed by atoms with E-state index >= 15 is 0 Å². The molecule has 0 aliphatic heterocycles. The molecule has 8 heteroatoms. The molecule has 2 aromatic rings. The van der Waals surface area contributed by atoms with Gasteiger partial charge in [0.25, 0.3) is 5.91 Å². The van der Waals surface area contributed by atoms with Crippen molar-refractivity contribution in [2.24, 2.45) is 0 Å². The van der Waals surface area contributed by atoms with Gasteiger partial charge in [0.05, 0.1) is 5.02 Å². The molecule has 5 nitrogen and oxygen atoms in total. The molecular formula is C20H21Br2ClN2O3. The van der Waals surface area contributed by atoms with Crippen molar-refractivity contribution >= 4 is 55.3 Å². The van der Waals surface area contributed by atoms with E-state index in [2.05, 4.69) is 37.2 Å². The molecule has 2 amide bonds. The average molecular weight is 533 g/mol. The maximum Gasteiger partial charge on any atom is 0.261 e. The molecule has 1 atom stereocenters. The normalized spacial score (nSPS) is 11.6. The fourth-order valence-corrected chi connectivity index (χ4v) is 3.73. The number of nitrogens with zero attached hydrogens (tertiary/aromatic N) is 1. The molecule has 2 aromatic carbocycles. The topological polar surface area (TPSA) is 58.6 Å². The van der Waals surface area contributed by atoms with Gasteiger partial charge in [0, 0.05) is 22.0 Å². The maximum atomic E-state index is 12.9. The SMILES string of the molecule is CCNC(=O)[C@@H](C)N(Cc1cccc(Br)c1)C(=O)COc1ccc(Br)cc1Cl. The Balaban J connectivity index is 2.16. The van der Waals surface area contributed by atoms with Gasteiger partial charge in [-0.2, -0.15) is 0 Å². The smallest absolute Gasteiger partial charge is 0.261 e. The summed E-state index contributed by atoms with van der Waals surface area (Å²) in [6.07, 6.45) is 0. The van der Waals surface area contributed by atoms with E-state index in [9.17, 15) is 9.59 Å². The van der Waals surface area contributed by atoms with Crippen LogP contribution in [0.2, 0.25) is 5.02 Å². The van der Waals surface area contributed by atoms with Crippen molar-refractivity contribution in [3.8, 4) is 5.75 Å². The summed E-state index contributed by atoms with van der Waals surface area (Å²) >= 11 is 12.9. The first-order valence-electron chi connectivity index (χ1n) is 8.71. The average Bonchev–Trinajstić information content (AvgIpc) is 2.65. The number of likely N-dealkylation sites (N-methyl/N-ethyl adjacent to an activating group) is 1. The fourth-order valence-electron chi connectivity index (χ4n) is 2.55. The Kier molecular flexibility index (Phi) is 8.79. The highest BCUT2D eigenvalue weighted by Gasteiger charge is 2.26. The lowest BCUT2D eigenvalue weighted by molar-refractivity contribution is -0.142. The quantitative estimate of drug-likeness (QED) is 0.532. The number of hydrogen-bond acceptors (Lipinski definition) is 3. The molecule has 0 bridgehead atoms. The summed E-state index contributed by atoms with van der Waals surface area (Å²) < 4.78 is 7.32. The fraction of sp³-hybridized carbons (Fsp3) is 0.300. The molecule has 0 fully saturated rings. The van der Waals surface area contributed by atoms with Crippen LogP contribution < -0.4 is 10.1 Å². The zero-order valence-corrected chi connectivity index (χ0v) is 19.5. The van der Waals surface area contributed by atoms with E-state index in [0.717, 1.165) is 14.5 Å². The van der Waals surface area contributed by atoms with Crippen LogP contribution in [0.4, 0.5) is 0 Å². The van der Waals surface area contributed by atoms with Crippen molar-refractivity contribution < 1.29 is 14.3 Å². The third kappa shape index (κ3) is 6.50. The van der Waals surface area contributed by atoms with Crippen molar-refractivity contribution in [2.75, 3.05) is 13.2 Å². The summed E-state index contributed by atoms with van der Waals surface area (Å²) in [6.45, 7) is 4.09. The molecule has 0 aliphatic carbocycles. The molecule has 0 saturated carbocycles. The van der Waals surface area contributed by atoms with Crippen LogP contribution >= 0.6 is 43.5 Å². The van der Waals surface area contributed by atoms with Gasteiger partial charge in [0.1, 0.15) is 11.8 Å². The maximum absolute atomic E-state index is 12.9. The molecule has 0 aromatic heterocycles. The molecule has 0 saturated heterocycles. The summed E-state index contributed by atoms with van der Waals surface area (Å²) in [5.41, 5.74) is 0.903. The lowest BCUT2D eigenvalue weighted by Gasteiger charge is -2.28. The van der Waals surface area contributed by atoms with E-state index in [1.165, 1.54) is 4.90 Å².